The molecule has 3 saturated heterocycles. The molecule has 40 heavy (non-hydrogen) atoms. The Hall–Kier alpha value is -3.44. The Kier molecular flexibility index (Phi) is 7.50. The number of carbonyl (C=O) groups is 1. The van der Waals surface area contributed by atoms with Gasteiger partial charge in [0.2, 0.25) is 11.9 Å². The minimum atomic E-state index is 0.0380. The van der Waals surface area contributed by atoms with E-state index < -0.39 is 0 Å². The minimum absolute atomic E-state index is 0.0380. The van der Waals surface area contributed by atoms with E-state index in [1.165, 1.54) is 0 Å². The molecule has 1 amide bonds. The van der Waals surface area contributed by atoms with Crippen LogP contribution in [0.2, 0.25) is 0 Å². The number of fused-ring (bicyclic) bond motifs is 1. The van der Waals surface area contributed by atoms with Crippen molar-refractivity contribution in [1.82, 2.24) is 44.6 Å². The molecular weight excluding hydrogens is 508 g/mol. The summed E-state index contributed by atoms with van der Waals surface area (Å²) in [5.74, 6) is 0.661. The molecule has 3 fully saturated rings. The lowest BCUT2D eigenvalue weighted by Gasteiger charge is -2.58. The van der Waals surface area contributed by atoms with Crippen LogP contribution in [0.1, 0.15) is 12.8 Å². The second kappa shape index (κ2) is 11.2. The zero-order valence-electron chi connectivity index (χ0n) is 23.6. The number of nitriles is 1. The van der Waals surface area contributed by atoms with E-state index in [0.717, 1.165) is 88.9 Å². The van der Waals surface area contributed by atoms with Gasteiger partial charge >= 0.3 is 0 Å². The van der Waals surface area contributed by atoms with Gasteiger partial charge in [0.15, 0.2) is 5.65 Å². The Labute approximate surface area is 235 Å². The van der Waals surface area contributed by atoms with Crippen molar-refractivity contribution in [2.24, 2.45) is 0 Å². The number of nitrogens with zero attached hydrogens (tertiary/aromatic N) is 10. The molecule has 2 aromatic rings. The van der Waals surface area contributed by atoms with Gasteiger partial charge in [-0.3, -0.25) is 9.69 Å². The van der Waals surface area contributed by atoms with Crippen LogP contribution >= 0.6 is 0 Å². The lowest BCUT2D eigenvalue weighted by Crippen LogP contribution is -2.72. The molecule has 2 aromatic heterocycles. The fourth-order valence-corrected chi connectivity index (χ4v) is 6.20. The van der Waals surface area contributed by atoms with Crippen molar-refractivity contribution in [3.63, 3.8) is 0 Å². The Bertz CT molecular complexity index is 1280. The van der Waals surface area contributed by atoms with E-state index >= 15 is 0 Å². The van der Waals surface area contributed by atoms with Gasteiger partial charge < -0.3 is 29.9 Å². The Morgan fingerprint density at radius 2 is 1.82 bits per heavy atom. The van der Waals surface area contributed by atoms with Crippen molar-refractivity contribution in [3.8, 4) is 6.07 Å². The summed E-state index contributed by atoms with van der Waals surface area (Å²) >= 11 is 0. The Balaban J connectivity index is 1.10. The van der Waals surface area contributed by atoms with Crippen LogP contribution in [0.3, 0.4) is 0 Å². The average Bonchev–Trinajstić information content (AvgIpc) is 3.55. The van der Waals surface area contributed by atoms with Gasteiger partial charge in [0.05, 0.1) is 29.5 Å². The highest BCUT2D eigenvalue weighted by Gasteiger charge is 2.48. The van der Waals surface area contributed by atoms with Crippen LogP contribution in [0.25, 0.3) is 5.65 Å². The molecule has 13 heteroatoms. The molecule has 214 valence electrons. The number of amides is 1. The quantitative estimate of drug-likeness (QED) is 0.453. The molecule has 0 bridgehead atoms. The van der Waals surface area contributed by atoms with Crippen molar-refractivity contribution in [2.45, 2.75) is 18.4 Å². The highest BCUT2D eigenvalue weighted by Crippen LogP contribution is 2.38. The highest BCUT2D eigenvalue weighted by molar-refractivity contribution is 5.78. The zero-order valence-corrected chi connectivity index (χ0v) is 23.6. The number of hydrazine groups is 1. The van der Waals surface area contributed by atoms with E-state index in [9.17, 15) is 10.1 Å². The Morgan fingerprint density at radius 3 is 2.55 bits per heavy atom. The third-order valence-corrected chi connectivity index (χ3v) is 8.75. The van der Waals surface area contributed by atoms with E-state index in [4.69, 9.17) is 4.98 Å². The number of rotatable bonds is 8. The van der Waals surface area contributed by atoms with E-state index in [0.29, 0.717) is 25.5 Å². The van der Waals surface area contributed by atoms with Gasteiger partial charge in [0.25, 0.3) is 0 Å². The average molecular weight is 549 g/mol. The molecule has 0 atom stereocenters. The number of carbonyl (C=O) groups excluding carboxylic acids is 1. The van der Waals surface area contributed by atoms with Crippen LogP contribution in [0, 0.1) is 11.3 Å². The van der Waals surface area contributed by atoms with Crippen LogP contribution in [-0.2, 0) is 4.79 Å². The first-order chi connectivity index (χ1) is 19.4. The molecule has 0 saturated carbocycles. The van der Waals surface area contributed by atoms with E-state index in [-0.39, 0.29) is 11.4 Å². The molecule has 0 aliphatic carbocycles. The summed E-state index contributed by atoms with van der Waals surface area (Å²) < 4.78 is 1.82. The van der Waals surface area contributed by atoms with E-state index in [2.05, 4.69) is 61.7 Å². The molecule has 6 heterocycles. The highest BCUT2D eigenvalue weighted by atomic mass is 16.2. The summed E-state index contributed by atoms with van der Waals surface area (Å²) in [4.78, 5) is 29.1. The Morgan fingerprint density at radius 1 is 1.10 bits per heavy atom. The summed E-state index contributed by atoms with van der Waals surface area (Å²) in [6.07, 6.45) is 5.31. The second-order valence-corrected chi connectivity index (χ2v) is 11.6. The van der Waals surface area contributed by atoms with Crippen LogP contribution in [-0.4, -0.2) is 143 Å². The first-order valence-electron chi connectivity index (χ1n) is 14.3. The van der Waals surface area contributed by atoms with Gasteiger partial charge in [-0.05, 0) is 32.6 Å². The summed E-state index contributed by atoms with van der Waals surface area (Å²) in [6.45, 7) is 10.2. The molecule has 6 rings (SSSR count). The minimum Gasteiger partial charge on any atom is -0.365 e. The molecule has 0 radical (unpaired) electrons. The fraction of sp³-hybridized carbons (Fsp3) is 0.630. The maximum atomic E-state index is 12.7. The number of piperazine rings is 2. The first-order valence-corrected chi connectivity index (χ1v) is 14.3. The molecule has 0 aromatic carbocycles. The van der Waals surface area contributed by atoms with E-state index in [1.807, 2.05) is 32.9 Å². The number of pyridine rings is 1. The third-order valence-electron chi connectivity index (χ3n) is 8.75. The largest absolute Gasteiger partial charge is 0.365 e. The first kappa shape index (κ1) is 26.8. The standard InChI is InChI=1S/C27H40N12O/c1-33-9-13-35(14-10-33)24(40)19-38-18-22(17-29-38)30-26-31-25-23(5-3-8-39(25)32-26)36-20-27(21-36,6-4-7-28)37-15-11-34(2)12-16-37/h3,5,8,18,29H,4,6,9-17,19-21H2,1-2H3,(H,30,32). The van der Waals surface area contributed by atoms with Gasteiger partial charge in [-0.1, -0.05) is 0 Å². The topological polar surface area (TPSA) is 115 Å². The summed E-state index contributed by atoms with van der Waals surface area (Å²) in [7, 11) is 4.26. The SMILES string of the molecule is CN1CCN(C(=O)CN2C=C(Nc3nc4c(N5CC(CCC#N)(N6CCN(C)CC6)C5)cccn4n3)CN2)CC1. The number of hydrogen-bond donors (Lipinski definition) is 2. The summed E-state index contributed by atoms with van der Waals surface area (Å²) in [6, 6.07) is 6.48. The van der Waals surface area contributed by atoms with E-state index in [1.54, 1.807) is 0 Å². The van der Waals surface area contributed by atoms with Gasteiger partial charge in [-0.15, -0.1) is 5.10 Å². The van der Waals surface area contributed by atoms with Crippen LogP contribution in [0.15, 0.2) is 30.2 Å². The monoisotopic (exact) mass is 548 g/mol. The van der Waals surface area contributed by atoms with Crippen LogP contribution in [0.4, 0.5) is 11.6 Å². The smallest absolute Gasteiger partial charge is 0.247 e. The number of nitrogens with one attached hydrogen (secondary N) is 2. The van der Waals surface area contributed by atoms with Crippen LogP contribution in [0.5, 0.6) is 0 Å². The molecular formula is C27H40N12O. The van der Waals surface area contributed by atoms with Crippen molar-refractivity contribution < 1.29 is 4.79 Å². The zero-order chi connectivity index (χ0) is 27.7. The molecule has 0 unspecified atom stereocenters. The maximum Gasteiger partial charge on any atom is 0.247 e. The number of anilines is 2. The molecule has 13 nitrogen and oxygen atoms in total. The predicted octanol–water partition coefficient (Wildman–Crippen LogP) is -0.313. The van der Waals surface area contributed by atoms with Gasteiger partial charge in [0, 0.05) is 84.3 Å². The summed E-state index contributed by atoms with van der Waals surface area (Å²) in [5, 5.41) is 19.2. The van der Waals surface area contributed by atoms with Gasteiger partial charge in [-0.25, -0.2) is 9.94 Å². The molecule has 0 spiro atoms. The summed E-state index contributed by atoms with van der Waals surface area (Å²) in [5.41, 5.74) is 6.09. The lowest BCUT2D eigenvalue weighted by molar-refractivity contribution is -0.133. The van der Waals surface area contributed by atoms with Gasteiger partial charge in [0.1, 0.15) is 6.54 Å². The van der Waals surface area contributed by atoms with Crippen molar-refractivity contribution in [3.05, 3.63) is 30.2 Å². The van der Waals surface area contributed by atoms with Crippen molar-refractivity contribution in [1.29, 1.82) is 5.26 Å². The fourth-order valence-electron chi connectivity index (χ4n) is 6.20. The normalized spacial score (nSPS) is 22.3. The number of hydrogen-bond acceptors (Lipinski definition) is 11. The number of likely N-dealkylation sites (N-methyl/N-ethyl adjacent to an activating group) is 2. The van der Waals surface area contributed by atoms with Crippen molar-refractivity contribution >= 4 is 23.2 Å². The van der Waals surface area contributed by atoms with Crippen molar-refractivity contribution in [2.75, 3.05) is 103 Å². The van der Waals surface area contributed by atoms with Gasteiger partial charge in [-0.2, -0.15) is 10.2 Å². The predicted molar refractivity (Wildman–Crippen MR) is 152 cm³/mol. The maximum absolute atomic E-state index is 12.7. The number of aromatic nitrogens is 3. The second-order valence-electron chi connectivity index (χ2n) is 11.6. The lowest BCUT2D eigenvalue weighted by atomic mass is 9.82. The third kappa shape index (κ3) is 5.44. The molecule has 4 aliphatic heterocycles. The molecule has 2 N–H and O–H groups in total. The molecule has 4 aliphatic rings. The van der Waals surface area contributed by atoms with Crippen LogP contribution < -0.4 is 15.6 Å².